The van der Waals surface area contributed by atoms with Gasteiger partial charge in [-0.15, -0.1) is 0 Å². The lowest BCUT2D eigenvalue weighted by Gasteiger charge is -2.18. The molecule has 2 fully saturated rings. The van der Waals surface area contributed by atoms with Crippen molar-refractivity contribution in [1.82, 2.24) is 9.80 Å². The van der Waals surface area contributed by atoms with E-state index in [1.807, 2.05) is 0 Å². The van der Waals surface area contributed by atoms with Crippen molar-refractivity contribution in [2.24, 2.45) is 0 Å². The van der Waals surface area contributed by atoms with E-state index in [2.05, 4.69) is 0 Å². The first kappa shape index (κ1) is 21.1. The number of thioether (sulfide) groups is 1. The topological polar surface area (TPSA) is 66.9 Å². The molecule has 0 saturated carbocycles. The molecule has 0 radical (unpaired) electrons. The van der Waals surface area contributed by atoms with Crippen molar-refractivity contribution in [1.29, 1.82) is 0 Å². The number of ether oxygens (including phenoxy) is 1. The van der Waals surface area contributed by atoms with Crippen LogP contribution in [0.15, 0.2) is 53.4 Å². The van der Waals surface area contributed by atoms with Gasteiger partial charge in [-0.05, 0) is 66.1 Å². The smallest absolute Gasteiger partial charge is 0.294 e. The zero-order valence-corrected chi connectivity index (χ0v) is 17.6. The number of rotatable bonds is 6. The fourth-order valence-electron chi connectivity index (χ4n) is 3.44. The van der Waals surface area contributed by atoms with E-state index < -0.39 is 11.1 Å². The molecule has 0 atom stereocenters. The summed E-state index contributed by atoms with van der Waals surface area (Å²) in [6.07, 6.45) is 3.53. The van der Waals surface area contributed by atoms with Gasteiger partial charge in [-0.3, -0.25) is 19.3 Å². The molecule has 0 spiro atoms. The molecule has 0 unspecified atom stereocenters. The minimum Gasteiger partial charge on any atom is -0.489 e. The monoisotopic (exact) mass is 440 g/mol. The maximum Gasteiger partial charge on any atom is 0.294 e. The van der Waals surface area contributed by atoms with Crippen LogP contribution in [-0.4, -0.2) is 46.5 Å². The molecule has 3 amide bonds. The van der Waals surface area contributed by atoms with Gasteiger partial charge in [0, 0.05) is 13.1 Å². The lowest BCUT2D eigenvalue weighted by Crippen LogP contribution is -2.40. The molecule has 4 rings (SSSR count). The summed E-state index contributed by atoms with van der Waals surface area (Å²) in [6.45, 7) is 1.38. The van der Waals surface area contributed by atoms with Crippen LogP contribution in [0.2, 0.25) is 0 Å². The Balaban J connectivity index is 1.37. The summed E-state index contributed by atoms with van der Waals surface area (Å²) < 4.78 is 18.9. The predicted molar refractivity (Wildman–Crippen MR) is 116 cm³/mol. The highest BCUT2D eigenvalue weighted by Crippen LogP contribution is 2.32. The summed E-state index contributed by atoms with van der Waals surface area (Å²) >= 11 is 0.835. The van der Waals surface area contributed by atoms with Gasteiger partial charge in [-0.2, -0.15) is 0 Å². The number of carbonyl (C=O) groups excluding carboxylic acids is 3. The largest absolute Gasteiger partial charge is 0.489 e. The Labute approximate surface area is 183 Å². The van der Waals surface area contributed by atoms with Crippen molar-refractivity contribution in [3.8, 4) is 5.75 Å². The van der Waals surface area contributed by atoms with Gasteiger partial charge in [0.1, 0.15) is 24.7 Å². The maximum atomic E-state index is 13.2. The second kappa shape index (κ2) is 9.34. The first-order chi connectivity index (χ1) is 15.0. The Morgan fingerprint density at radius 3 is 2.55 bits per heavy atom. The van der Waals surface area contributed by atoms with Gasteiger partial charge >= 0.3 is 0 Å². The van der Waals surface area contributed by atoms with Crippen LogP contribution in [0.5, 0.6) is 5.75 Å². The summed E-state index contributed by atoms with van der Waals surface area (Å²) in [7, 11) is 0. The Morgan fingerprint density at radius 2 is 1.84 bits per heavy atom. The highest BCUT2D eigenvalue weighted by Gasteiger charge is 2.37. The maximum absolute atomic E-state index is 13.2. The minimum atomic E-state index is -0.450. The number of likely N-dealkylation sites (tertiary alicyclic amines) is 1. The third-order valence-corrected chi connectivity index (χ3v) is 6.01. The minimum absolute atomic E-state index is 0.194. The quantitative estimate of drug-likeness (QED) is 0.634. The van der Waals surface area contributed by atoms with Gasteiger partial charge in [0.25, 0.3) is 11.1 Å². The fraction of sp³-hybridized carbons (Fsp3) is 0.261. The second-order valence-corrected chi connectivity index (χ2v) is 8.34. The third-order valence-electron chi connectivity index (χ3n) is 5.10. The van der Waals surface area contributed by atoms with Crippen LogP contribution in [0.4, 0.5) is 9.18 Å². The molecule has 2 saturated heterocycles. The van der Waals surface area contributed by atoms with E-state index in [0.29, 0.717) is 18.8 Å². The molecule has 2 aliphatic rings. The molecule has 8 heteroatoms. The average Bonchev–Trinajstić information content (AvgIpc) is 3.38. The molecular formula is C23H21FN2O4S. The summed E-state index contributed by atoms with van der Waals surface area (Å²) in [5, 5.41) is -0.432. The number of hydrogen-bond acceptors (Lipinski definition) is 5. The Morgan fingerprint density at radius 1 is 1.10 bits per heavy atom. The van der Waals surface area contributed by atoms with Crippen molar-refractivity contribution >= 4 is 34.9 Å². The van der Waals surface area contributed by atoms with Gasteiger partial charge < -0.3 is 9.64 Å². The number of benzene rings is 2. The van der Waals surface area contributed by atoms with Gasteiger partial charge in [-0.25, -0.2) is 4.39 Å². The average molecular weight is 440 g/mol. The molecule has 2 aromatic carbocycles. The zero-order valence-electron chi connectivity index (χ0n) is 16.8. The highest BCUT2D eigenvalue weighted by molar-refractivity contribution is 8.18. The molecule has 0 N–H and O–H groups in total. The van der Waals surface area contributed by atoms with Crippen LogP contribution < -0.4 is 4.74 Å². The molecule has 6 nitrogen and oxygen atoms in total. The molecule has 0 aliphatic carbocycles. The van der Waals surface area contributed by atoms with Gasteiger partial charge in [0.05, 0.1) is 4.91 Å². The van der Waals surface area contributed by atoms with Gasteiger partial charge in [0.2, 0.25) is 5.91 Å². The molecule has 160 valence electrons. The normalized spacial score (nSPS) is 17.6. The van der Waals surface area contributed by atoms with Gasteiger partial charge in [-0.1, -0.05) is 24.3 Å². The van der Waals surface area contributed by atoms with Crippen LogP contribution in [0.1, 0.15) is 24.0 Å². The highest BCUT2D eigenvalue weighted by atomic mass is 32.2. The Bertz CT molecular complexity index is 1030. The summed E-state index contributed by atoms with van der Waals surface area (Å²) in [4.78, 5) is 40.1. The van der Waals surface area contributed by atoms with E-state index in [1.54, 1.807) is 47.4 Å². The SMILES string of the molecule is O=C(CN1C(=O)S/C(=C/c2ccc(OCc3cccc(F)c3)cc2)C1=O)N1CCCC1. The Kier molecular flexibility index (Phi) is 6.36. The lowest BCUT2D eigenvalue weighted by atomic mass is 10.2. The summed E-state index contributed by atoms with van der Waals surface area (Å²) in [6, 6.07) is 13.2. The molecule has 0 aromatic heterocycles. The van der Waals surface area contributed by atoms with E-state index in [-0.39, 0.29) is 29.8 Å². The van der Waals surface area contributed by atoms with Crippen LogP contribution >= 0.6 is 11.8 Å². The van der Waals surface area contributed by atoms with E-state index in [9.17, 15) is 18.8 Å². The van der Waals surface area contributed by atoms with E-state index in [0.717, 1.165) is 40.6 Å². The van der Waals surface area contributed by atoms with Crippen molar-refractivity contribution < 1.29 is 23.5 Å². The van der Waals surface area contributed by atoms with E-state index in [4.69, 9.17) is 4.74 Å². The molecule has 2 heterocycles. The molecule has 31 heavy (non-hydrogen) atoms. The molecular weight excluding hydrogens is 419 g/mol. The van der Waals surface area contributed by atoms with E-state index >= 15 is 0 Å². The van der Waals surface area contributed by atoms with Crippen molar-refractivity contribution in [2.75, 3.05) is 19.6 Å². The summed E-state index contributed by atoms with van der Waals surface area (Å²) in [5.74, 6) is -0.354. The van der Waals surface area contributed by atoms with Crippen LogP contribution in [0.25, 0.3) is 6.08 Å². The van der Waals surface area contributed by atoms with Crippen molar-refractivity contribution in [3.63, 3.8) is 0 Å². The number of carbonyl (C=O) groups is 3. The molecule has 0 bridgehead atoms. The zero-order chi connectivity index (χ0) is 21.8. The fourth-order valence-corrected chi connectivity index (χ4v) is 4.28. The number of imide groups is 1. The lowest BCUT2D eigenvalue weighted by molar-refractivity contribution is -0.135. The van der Waals surface area contributed by atoms with Crippen LogP contribution in [-0.2, 0) is 16.2 Å². The second-order valence-electron chi connectivity index (χ2n) is 7.34. The third kappa shape index (κ3) is 5.14. The number of amides is 3. The predicted octanol–water partition coefficient (Wildman–Crippen LogP) is 4.06. The van der Waals surface area contributed by atoms with Crippen LogP contribution in [0.3, 0.4) is 0 Å². The number of hydrogen-bond donors (Lipinski definition) is 0. The first-order valence-electron chi connectivity index (χ1n) is 10.00. The van der Waals surface area contributed by atoms with Crippen LogP contribution in [0, 0.1) is 5.82 Å². The first-order valence-corrected chi connectivity index (χ1v) is 10.8. The van der Waals surface area contributed by atoms with Crippen molar-refractivity contribution in [2.45, 2.75) is 19.4 Å². The number of nitrogens with zero attached hydrogens (tertiary/aromatic N) is 2. The standard InChI is InChI=1S/C23H21FN2O4S/c24-18-5-3-4-17(12-18)15-30-19-8-6-16(7-9-19)13-20-22(28)26(23(29)31-20)14-21(27)25-10-1-2-11-25/h3-9,12-13H,1-2,10-11,14-15H2/b20-13+. The molecule has 2 aliphatic heterocycles. The van der Waals surface area contributed by atoms with E-state index in [1.165, 1.54) is 12.1 Å². The van der Waals surface area contributed by atoms with Crippen molar-refractivity contribution in [3.05, 3.63) is 70.4 Å². The molecule has 2 aromatic rings. The van der Waals surface area contributed by atoms with Gasteiger partial charge in [0.15, 0.2) is 0 Å². The summed E-state index contributed by atoms with van der Waals surface area (Å²) in [5.41, 5.74) is 1.45. The number of halogens is 1. The Hall–Kier alpha value is -3.13.